The zero-order chi connectivity index (χ0) is 13.2. The molecule has 0 spiro atoms. The molecule has 6 heteroatoms. The van der Waals surface area contributed by atoms with Crippen LogP contribution in [0, 0.1) is 6.57 Å². The standard InChI is InChI=1S/C12H18NO4P/c1-12(2)16-9-8(5-4-6-14-7-13-3)15-11(18)10(9)17-12/h4-5,8-11H,6-7,18H2,1-2H3/b5-4-/t8-,9?,10-,11-/m1/s1. The summed E-state index contributed by atoms with van der Waals surface area (Å²) in [5.74, 6) is -0.615. The second kappa shape index (κ2) is 5.64. The van der Waals surface area contributed by atoms with Crippen molar-refractivity contribution in [3.05, 3.63) is 23.6 Å². The molecule has 18 heavy (non-hydrogen) atoms. The third-order valence-corrected chi connectivity index (χ3v) is 3.36. The SMILES string of the molecule is [C-]#[N+]COC/C=C\[C@H]1O[C@H](P)[C@@H]2OC(C)(C)OC21. The van der Waals surface area contributed by atoms with Crippen LogP contribution in [0.3, 0.4) is 0 Å². The molecule has 2 saturated heterocycles. The molecule has 5 atom stereocenters. The van der Waals surface area contributed by atoms with Crippen LogP contribution < -0.4 is 0 Å². The highest BCUT2D eigenvalue weighted by molar-refractivity contribution is 7.17. The van der Waals surface area contributed by atoms with Gasteiger partial charge in [-0.2, -0.15) is 0 Å². The third kappa shape index (κ3) is 3.09. The van der Waals surface area contributed by atoms with Crippen LogP contribution in [0.5, 0.6) is 0 Å². The van der Waals surface area contributed by atoms with Crippen molar-refractivity contribution >= 4 is 9.24 Å². The summed E-state index contributed by atoms with van der Waals surface area (Å²) in [6.07, 6.45) is 3.50. The van der Waals surface area contributed by atoms with E-state index < -0.39 is 5.79 Å². The van der Waals surface area contributed by atoms with E-state index in [1.165, 1.54) is 0 Å². The fourth-order valence-corrected chi connectivity index (χ4v) is 2.65. The molecule has 5 nitrogen and oxygen atoms in total. The van der Waals surface area contributed by atoms with Gasteiger partial charge in [-0.25, -0.2) is 6.57 Å². The molecule has 100 valence electrons. The molecule has 0 aromatic rings. The van der Waals surface area contributed by atoms with E-state index in [1.807, 2.05) is 26.0 Å². The molecule has 0 aliphatic carbocycles. The minimum absolute atomic E-state index is 0.0520. The summed E-state index contributed by atoms with van der Waals surface area (Å²) in [5, 5.41) is 0. The first-order valence-electron chi connectivity index (χ1n) is 5.88. The lowest BCUT2D eigenvalue weighted by molar-refractivity contribution is -0.174. The Morgan fingerprint density at radius 2 is 2.11 bits per heavy atom. The van der Waals surface area contributed by atoms with Crippen LogP contribution in [0.1, 0.15) is 13.8 Å². The molecular weight excluding hydrogens is 253 g/mol. The molecular formula is C12H18NO4P. The van der Waals surface area contributed by atoms with Gasteiger partial charge in [0.25, 0.3) is 0 Å². The number of ether oxygens (including phenoxy) is 4. The van der Waals surface area contributed by atoms with Gasteiger partial charge < -0.3 is 18.9 Å². The zero-order valence-corrected chi connectivity index (χ0v) is 11.7. The van der Waals surface area contributed by atoms with E-state index in [4.69, 9.17) is 25.5 Å². The number of nitrogens with zero attached hydrogens (tertiary/aromatic N) is 1. The van der Waals surface area contributed by atoms with Crippen molar-refractivity contribution in [3.8, 4) is 0 Å². The van der Waals surface area contributed by atoms with Crippen molar-refractivity contribution in [1.82, 2.24) is 0 Å². The molecule has 0 aromatic heterocycles. The van der Waals surface area contributed by atoms with Crippen LogP contribution >= 0.6 is 9.24 Å². The van der Waals surface area contributed by atoms with Crippen molar-refractivity contribution in [3.63, 3.8) is 0 Å². The van der Waals surface area contributed by atoms with Crippen LogP contribution in [0.2, 0.25) is 0 Å². The van der Waals surface area contributed by atoms with Gasteiger partial charge in [-0.15, -0.1) is 9.24 Å². The minimum Gasteiger partial charge on any atom is -0.361 e. The molecule has 2 heterocycles. The summed E-state index contributed by atoms with van der Waals surface area (Å²) in [6.45, 7) is 10.9. The Morgan fingerprint density at radius 1 is 1.39 bits per heavy atom. The summed E-state index contributed by atoms with van der Waals surface area (Å²) in [5.41, 5.74) is 0. The zero-order valence-electron chi connectivity index (χ0n) is 10.5. The summed E-state index contributed by atoms with van der Waals surface area (Å²) >= 11 is 0. The highest BCUT2D eigenvalue weighted by Crippen LogP contribution is 2.40. The largest absolute Gasteiger partial charge is 0.361 e. The molecule has 2 rings (SSSR count). The molecule has 0 aromatic carbocycles. The normalized spacial score (nSPS) is 37.9. The van der Waals surface area contributed by atoms with Crippen molar-refractivity contribution < 1.29 is 18.9 Å². The van der Waals surface area contributed by atoms with Crippen LogP contribution in [0.15, 0.2) is 12.2 Å². The van der Waals surface area contributed by atoms with E-state index in [0.29, 0.717) is 6.61 Å². The first-order chi connectivity index (χ1) is 8.53. The maximum Gasteiger partial charge on any atom is 0.318 e. The highest BCUT2D eigenvalue weighted by Gasteiger charge is 2.52. The second-order valence-corrected chi connectivity index (χ2v) is 5.37. The quantitative estimate of drug-likeness (QED) is 0.337. The van der Waals surface area contributed by atoms with Gasteiger partial charge in [0.05, 0.1) is 6.61 Å². The van der Waals surface area contributed by atoms with E-state index in [0.717, 1.165) is 0 Å². The summed E-state index contributed by atoms with van der Waals surface area (Å²) in [7, 11) is 2.64. The van der Waals surface area contributed by atoms with Crippen LogP contribution in [0.4, 0.5) is 0 Å². The Hall–Kier alpha value is -0.500. The van der Waals surface area contributed by atoms with Gasteiger partial charge in [0.15, 0.2) is 5.79 Å². The van der Waals surface area contributed by atoms with Crippen LogP contribution in [-0.4, -0.2) is 43.3 Å². The third-order valence-electron chi connectivity index (χ3n) is 2.82. The minimum atomic E-state index is -0.555. The lowest BCUT2D eigenvalue weighted by atomic mass is 10.1. The summed E-state index contributed by atoms with van der Waals surface area (Å²) in [6, 6.07) is 0. The molecule has 2 unspecified atom stereocenters. The van der Waals surface area contributed by atoms with E-state index in [-0.39, 0.29) is 30.9 Å². The van der Waals surface area contributed by atoms with Gasteiger partial charge in [-0.3, -0.25) is 4.85 Å². The topological polar surface area (TPSA) is 41.3 Å². The number of fused-ring (bicyclic) bond motifs is 1. The number of hydrogen-bond acceptors (Lipinski definition) is 4. The molecule has 2 aliphatic heterocycles. The van der Waals surface area contributed by atoms with Gasteiger partial charge in [0.1, 0.15) is 24.2 Å². The lowest BCUT2D eigenvalue weighted by Gasteiger charge is -2.21. The van der Waals surface area contributed by atoms with Crippen LogP contribution in [0.25, 0.3) is 4.85 Å². The van der Waals surface area contributed by atoms with Gasteiger partial charge in [0, 0.05) is 0 Å². The lowest BCUT2D eigenvalue weighted by Crippen LogP contribution is -2.28. The Labute approximate surface area is 109 Å². The number of rotatable bonds is 4. The van der Waals surface area contributed by atoms with E-state index in [2.05, 4.69) is 14.1 Å². The molecule has 0 amide bonds. The van der Waals surface area contributed by atoms with E-state index in [9.17, 15) is 0 Å². The van der Waals surface area contributed by atoms with E-state index in [1.54, 1.807) is 0 Å². The first kappa shape index (κ1) is 13.9. The molecule has 0 N–H and O–H groups in total. The fraction of sp³-hybridized carbons (Fsp3) is 0.750. The Bertz CT molecular complexity index is 366. The van der Waals surface area contributed by atoms with Crippen LogP contribution in [-0.2, 0) is 18.9 Å². The molecule has 2 fully saturated rings. The molecule has 0 saturated carbocycles. The summed E-state index contributed by atoms with van der Waals surface area (Å²) in [4.78, 5) is 3.10. The monoisotopic (exact) mass is 271 g/mol. The van der Waals surface area contributed by atoms with Gasteiger partial charge in [0.2, 0.25) is 0 Å². The fourth-order valence-electron chi connectivity index (χ4n) is 2.17. The molecule has 0 bridgehead atoms. The average Bonchev–Trinajstić information content (AvgIpc) is 2.75. The smallest absolute Gasteiger partial charge is 0.318 e. The van der Waals surface area contributed by atoms with Crippen molar-refractivity contribution in [2.45, 2.75) is 43.8 Å². The molecule has 2 aliphatic rings. The maximum absolute atomic E-state index is 6.58. The van der Waals surface area contributed by atoms with Crippen molar-refractivity contribution in [2.24, 2.45) is 0 Å². The number of hydrogen-bond donors (Lipinski definition) is 0. The van der Waals surface area contributed by atoms with Gasteiger partial charge in [-0.05, 0) is 13.8 Å². The predicted molar refractivity (Wildman–Crippen MR) is 68.8 cm³/mol. The highest BCUT2D eigenvalue weighted by atomic mass is 31.0. The predicted octanol–water partition coefficient (Wildman–Crippen LogP) is 1.56. The Balaban J connectivity index is 1.89. The van der Waals surface area contributed by atoms with Gasteiger partial charge in [-0.1, -0.05) is 12.2 Å². The van der Waals surface area contributed by atoms with E-state index >= 15 is 0 Å². The Morgan fingerprint density at radius 3 is 2.83 bits per heavy atom. The molecule has 0 radical (unpaired) electrons. The first-order valence-corrected chi connectivity index (χ1v) is 6.54. The average molecular weight is 271 g/mol. The van der Waals surface area contributed by atoms with Crippen molar-refractivity contribution in [1.29, 1.82) is 0 Å². The Kier molecular flexibility index (Phi) is 4.37. The van der Waals surface area contributed by atoms with Crippen molar-refractivity contribution in [2.75, 3.05) is 13.3 Å². The van der Waals surface area contributed by atoms with Gasteiger partial charge >= 0.3 is 6.73 Å². The second-order valence-electron chi connectivity index (χ2n) is 4.72. The maximum atomic E-state index is 6.58. The summed E-state index contributed by atoms with van der Waals surface area (Å²) < 4.78 is 22.4.